The first-order valence-corrected chi connectivity index (χ1v) is 6.35. The molecule has 0 bridgehead atoms. The predicted molar refractivity (Wildman–Crippen MR) is 70.5 cm³/mol. The van der Waals surface area contributed by atoms with Crippen molar-refractivity contribution in [3.05, 3.63) is 0 Å². The third-order valence-corrected chi connectivity index (χ3v) is 2.45. The fourth-order valence-corrected chi connectivity index (χ4v) is 1.46. The number of nitrogens with zero attached hydrogens (tertiary/aromatic N) is 1. The molecule has 6 nitrogen and oxygen atoms in total. The molecule has 6 heteroatoms. The second-order valence-corrected chi connectivity index (χ2v) is 3.98. The van der Waals surface area contributed by atoms with Gasteiger partial charge in [0.05, 0.1) is 6.54 Å². The Hall–Kier alpha value is -0.690. The van der Waals surface area contributed by atoms with Gasteiger partial charge in [-0.1, -0.05) is 0 Å². The van der Waals surface area contributed by atoms with Crippen LogP contribution in [0.4, 0.5) is 0 Å². The van der Waals surface area contributed by atoms with E-state index >= 15 is 0 Å². The van der Waals surface area contributed by atoms with E-state index in [2.05, 4.69) is 5.32 Å². The molecule has 0 aliphatic heterocycles. The third-order valence-electron chi connectivity index (χ3n) is 2.45. The van der Waals surface area contributed by atoms with Crippen molar-refractivity contribution < 1.29 is 4.79 Å². The number of nitrogens with one attached hydrogen (secondary N) is 1. The van der Waals surface area contributed by atoms with Crippen molar-refractivity contribution in [3.63, 3.8) is 0 Å². The Balaban J connectivity index is 3.85. The molecule has 0 saturated carbocycles. The summed E-state index contributed by atoms with van der Waals surface area (Å²) in [5.74, 6) is 0.115. The van der Waals surface area contributed by atoms with E-state index in [4.69, 9.17) is 17.2 Å². The smallest absolute Gasteiger partial charge is 0.236 e. The van der Waals surface area contributed by atoms with E-state index in [1.807, 2.05) is 4.90 Å². The largest absolute Gasteiger partial charge is 0.341 e. The summed E-state index contributed by atoms with van der Waals surface area (Å²) in [6.45, 7) is 4.44. The lowest BCUT2D eigenvalue weighted by Gasteiger charge is -2.22. The van der Waals surface area contributed by atoms with E-state index in [1.54, 1.807) is 0 Å². The van der Waals surface area contributed by atoms with E-state index in [0.29, 0.717) is 39.3 Å². The van der Waals surface area contributed by atoms with E-state index in [0.717, 1.165) is 25.8 Å². The summed E-state index contributed by atoms with van der Waals surface area (Å²) in [6.07, 6.45) is 2.55. The topological polar surface area (TPSA) is 110 Å². The van der Waals surface area contributed by atoms with Crippen molar-refractivity contribution in [1.82, 2.24) is 10.2 Å². The predicted octanol–water partition coefficient (Wildman–Crippen LogP) is -1.55. The molecule has 0 fully saturated rings. The van der Waals surface area contributed by atoms with Gasteiger partial charge in [0, 0.05) is 13.1 Å². The van der Waals surface area contributed by atoms with Crippen LogP contribution in [-0.4, -0.2) is 56.6 Å². The highest BCUT2D eigenvalue weighted by atomic mass is 16.2. The van der Waals surface area contributed by atoms with Crippen molar-refractivity contribution in [2.75, 3.05) is 45.8 Å². The van der Waals surface area contributed by atoms with E-state index < -0.39 is 0 Å². The first kappa shape index (κ1) is 16.3. The summed E-state index contributed by atoms with van der Waals surface area (Å²) in [5.41, 5.74) is 16.3. The van der Waals surface area contributed by atoms with Crippen molar-refractivity contribution in [3.8, 4) is 0 Å². The fourth-order valence-electron chi connectivity index (χ4n) is 1.46. The lowest BCUT2D eigenvalue weighted by molar-refractivity contribution is -0.130. The lowest BCUT2D eigenvalue weighted by atomic mass is 10.3. The summed E-state index contributed by atoms with van der Waals surface area (Å²) in [6, 6.07) is 0. The summed E-state index contributed by atoms with van der Waals surface area (Å²) in [5, 5.41) is 3.09. The number of hydrogen-bond acceptors (Lipinski definition) is 5. The average molecular weight is 245 g/mol. The molecule has 0 rings (SSSR count). The van der Waals surface area contributed by atoms with Crippen LogP contribution in [0.5, 0.6) is 0 Å². The molecule has 0 aliphatic carbocycles. The van der Waals surface area contributed by atoms with Crippen LogP contribution >= 0.6 is 0 Å². The maximum absolute atomic E-state index is 11.9. The van der Waals surface area contributed by atoms with Crippen LogP contribution < -0.4 is 22.5 Å². The first-order valence-electron chi connectivity index (χ1n) is 6.35. The molecule has 0 spiro atoms. The maximum atomic E-state index is 11.9. The minimum atomic E-state index is 0.115. The Kier molecular flexibility index (Phi) is 11.3. The first-order chi connectivity index (χ1) is 8.26. The number of amides is 1. The molecule has 1 amide bonds. The number of hydrogen-bond donors (Lipinski definition) is 4. The van der Waals surface area contributed by atoms with Gasteiger partial charge in [-0.05, 0) is 45.4 Å². The summed E-state index contributed by atoms with van der Waals surface area (Å²) in [7, 11) is 0. The number of carbonyl (C=O) groups is 1. The highest BCUT2D eigenvalue weighted by Crippen LogP contribution is 1.94. The molecule has 0 aromatic heterocycles. The van der Waals surface area contributed by atoms with Gasteiger partial charge in [0.25, 0.3) is 0 Å². The van der Waals surface area contributed by atoms with Gasteiger partial charge < -0.3 is 27.4 Å². The van der Waals surface area contributed by atoms with E-state index in [-0.39, 0.29) is 5.91 Å². The van der Waals surface area contributed by atoms with E-state index in [9.17, 15) is 4.79 Å². The van der Waals surface area contributed by atoms with Crippen molar-refractivity contribution in [2.45, 2.75) is 19.3 Å². The second kappa shape index (κ2) is 11.8. The highest BCUT2D eigenvalue weighted by Gasteiger charge is 2.11. The van der Waals surface area contributed by atoms with Crippen molar-refractivity contribution >= 4 is 5.91 Å². The number of nitrogens with two attached hydrogens (primary N) is 3. The Morgan fingerprint density at radius 3 is 1.94 bits per heavy atom. The molecule has 0 aromatic carbocycles. The van der Waals surface area contributed by atoms with Gasteiger partial charge in [0.1, 0.15) is 0 Å². The molecule has 0 saturated heterocycles. The van der Waals surface area contributed by atoms with Gasteiger partial charge in [-0.3, -0.25) is 4.79 Å². The zero-order valence-electron chi connectivity index (χ0n) is 10.7. The number of carbonyl (C=O) groups excluding carboxylic acids is 1. The molecular weight excluding hydrogens is 218 g/mol. The maximum Gasteiger partial charge on any atom is 0.236 e. The summed E-state index contributed by atoms with van der Waals surface area (Å²) >= 11 is 0. The molecule has 0 aliphatic rings. The molecule has 0 unspecified atom stereocenters. The van der Waals surface area contributed by atoms with Gasteiger partial charge in [0.2, 0.25) is 5.91 Å². The SMILES string of the molecule is NCCCNCC(=O)N(CCCN)CCCN. The molecule has 0 radical (unpaired) electrons. The van der Waals surface area contributed by atoms with Crippen LogP contribution in [0.3, 0.4) is 0 Å². The molecule has 0 heterocycles. The molecular formula is C11H27N5O. The van der Waals surface area contributed by atoms with Crippen molar-refractivity contribution in [2.24, 2.45) is 17.2 Å². The van der Waals surface area contributed by atoms with Gasteiger partial charge in [-0.15, -0.1) is 0 Å². The fraction of sp³-hybridized carbons (Fsp3) is 0.909. The lowest BCUT2D eigenvalue weighted by Crippen LogP contribution is -2.40. The Morgan fingerprint density at radius 2 is 1.47 bits per heavy atom. The highest BCUT2D eigenvalue weighted by molar-refractivity contribution is 5.78. The van der Waals surface area contributed by atoms with Gasteiger partial charge in [-0.25, -0.2) is 0 Å². The van der Waals surface area contributed by atoms with Gasteiger partial charge in [-0.2, -0.15) is 0 Å². The minimum absolute atomic E-state index is 0.115. The van der Waals surface area contributed by atoms with Crippen molar-refractivity contribution in [1.29, 1.82) is 0 Å². The second-order valence-electron chi connectivity index (χ2n) is 3.98. The molecule has 7 N–H and O–H groups in total. The Labute approximate surface area is 104 Å². The van der Waals surface area contributed by atoms with Crippen LogP contribution in [0.1, 0.15) is 19.3 Å². The van der Waals surface area contributed by atoms with E-state index in [1.165, 1.54) is 0 Å². The number of rotatable bonds is 11. The van der Waals surface area contributed by atoms with Crippen LogP contribution in [0, 0.1) is 0 Å². The Morgan fingerprint density at radius 1 is 0.941 bits per heavy atom. The van der Waals surface area contributed by atoms with Gasteiger partial charge in [0.15, 0.2) is 0 Å². The summed E-state index contributed by atoms with van der Waals surface area (Å²) < 4.78 is 0. The standard InChI is InChI=1S/C11H27N5O/c12-4-1-7-15-10-11(17)16(8-2-5-13)9-3-6-14/h15H,1-10,12-14H2. The monoisotopic (exact) mass is 245 g/mol. The van der Waals surface area contributed by atoms with Crippen LogP contribution in [0.2, 0.25) is 0 Å². The van der Waals surface area contributed by atoms with Gasteiger partial charge >= 0.3 is 0 Å². The van der Waals surface area contributed by atoms with Crippen LogP contribution in [0.25, 0.3) is 0 Å². The molecule has 0 atom stereocenters. The van der Waals surface area contributed by atoms with Crippen LogP contribution in [-0.2, 0) is 4.79 Å². The normalized spacial score (nSPS) is 10.5. The quantitative estimate of drug-likeness (QED) is 0.329. The minimum Gasteiger partial charge on any atom is -0.341 e. The zero-order chi connectivity index (χ0) is 12.9. The Bertz CT molecular complexity index is 181. The molecule has 0 aromatic rings. The molecule has 17 heavy (non-hydrogen) atoms. The third kappa shape index (κ3) is 9.05. The zero-order valence-corrected chi connectivity index (χ0v) is 10.7. The molecule has 102 valence electrons. The average Bonchev–Trinajstić information content (AvgIpc) is 2.34. The van der Waals surface area contributed by atoms with Crippen LogP contribution in [0.15, 0.2) is 0 Å². The summed E-state index contributed by atoms with van der Waals surface area (Å²) in [4.78, 5) is 13.7.